The first-order chi connectivity index (χ1) is 11.7. The van der Waals surface area contributed by atoms with Crippen molar-refractivity contribution >= 4 is 33.4 Å². The monoisotopic (exact) mass is 340 g/mol. The Balaban J connectivity index is 1.99. The summed E-state index contributed by atoms with van der Waals surface area (Å²) >= 11 is 1.38. The summed E-state index contributed by atoms with van der Waals surface area (Å²) in [6.07, 6.45) is 0.229. The number of hydrogen-bond donors (Lipinski definition) is 0. The van der Waals surface area contributed by atoms with Gasteiger partial charge in [0, 0.05) is 0 Å². The molecule has 0 N–H and O–H groups in total. The minimum absolute atomic E-state index is 0.0258. The average Bonchev–Trinajstić information content (AvgIpc) is 2.93. The lowest BCUT2D eigenvalue weighted by atomic mass is 10.1. The molecule has 6 heteroatoms. The van der Waals surface area contributed by atoms with Crippen LogP contribution in [0.1, 0.15) is 5.56 Å². The van der Waals surface area contributed by atoms with Gasteiger partial charge in [-0.1, -0.05) is 53.8 Å². The maximum absolute atomic E-state index is 12.3. The highest BCUT2D eigenvalue weighted by molar-refractivity contribution is 7.16. The van der Waals surface area contributed by atoms with Gasteiger partial charge >= 0.3 is 5.97 Å². The lowest BCUT2D eigenvalue weighted by molar-refractivity contribution is -0.141. The lowest BCUT2D eigenvalue weighted by Crippen LogP contribution is -2.22. The first-order valence-corrected chi connectivity index (χ1v) is 8.25. The van der Waals surface area contributed by atoms with Crippen LogP contribution in [0.5, 0.6) is 0 Å². The molecule has 0 aliphatic heterocycles. The molecule has 0 atom stereocenters. The Morgan fingerprint density at radius 1 is 1.08 bits per heavy atom. The molecule has 5 nitrogen and oxygen atoms in total. The number of esters is 1. The minimum Gasteiger partial charge on any atom is -0.468 e. The predicted octanol–water partition coefficient (Wildman–Crippen LogP) is 2.55. The van der Waals surface area contributed by atoms with Crippen molar-refractivity contribution in [1.82, 2.24) is 4.57 Å². The third kappa shape index (κ3) is 3.60. The van der Waals surface area contributed by atoms with E-state index >= 15 is 0 Å². The highest BCUT2D eigenvalue weighted by atomic mass is 32.1. The van der Waals surface area contributed by atoms with Gasteiger partial charge < -0.3 is 9.30 Å². The van der Waals surface area contributed by atoms with Gasteiger partial charge in [0.05, 0.1) is 23.7 Å². The number of carbonyl (C=O) groups is 2. The van der Waals surface area contributed by atoms with E-state index < -0.39 is 0 Å². The van der Waals surface area contributed by atoms with Crippen molar-refractivity contribution in [3.8, 4) is 0 Å². The molecule has 24 heavy (non-hydrogen) atoms. The third-order valence-electron chi connectivity index (χ3n) is 3.52. The van der Waals surface area contributed by atoms with Gasteiger partial charge in [0.2, 0.25) is 0 Å². The first kappa shape index (κ1) is 16.1. The molecule has 0 unspecified atom stereocenters. The van der Waals surface area contributed by atoms with Gasteiger partial charge in [0.25, 0.3) is 5.91 Å². The number of carbonyl (C=O) groups excluding carboxylic acids is 2. The molecule has 0 radical (unpaired) electrons. The standard InChI is InChI=1S/C18H16N2O3S/c1-23-17(22)12-20-14-9-5-6-10-15(14)24-18(20)19-16(21)11-13-7-3-2-4-8-13/h2-10H,11-12H2,1H3. The maximum Gasteiger partial charge on any atom is 0.325 e. The average molecular weight is 340 g/mol. The smallest absolute Gasteiger partial charge is 0.325 e. The second-order valence-corrected chi connectivity index (χ2v) is 6.19. The summed E-state index contributed by atoms with van der Waals surface area (Å²) in [5, 5.41) is 0. The van der Waals surface area contributed by atoms with E-state index in [-0.39, 0.29) is 24.8 Å². The SMILES string of the molecule is COC(=O)Cn1c(=NC(=O)Cc2ccccc2)sc2ccccc21. The topological polar surface area (TPSA) is 60.7 Å². The molecule has 0 fully saturated rings. The fourth-order valence-corrected chi connectivity index (χ4v) is 3.42. The van der Waals surface area contributed by atoms with Crippen LogP contribution in [-0.2, 0) is 27.3 Å². The molecule has 0 spiro atoms. The summed E-state index contributed by atoms with van der Waals surface area (Å²) in [5.41, 5.74) is 1.77. The minimum atomic E-state index is -0.379. The summed E-state index contributed by atoms with van der Waals surface area (Å²) in [6.45, 7) is 0.0258. The Morgan fingerprint density at radius 3 is 2.54 bits per heavy atom. The normalized spacial score (nSPS) is 11.6. The molecule has 0 aliphatic carbocycles. The van der Waals surface area contributed by atoms with E-state index in [0.29, 0.717) is 4.80 Å². The molecule has 3 rings (SSSR count). The Labute approximate surface area is 142 Å². The Hall–Kier alpha value is -2.73. The zero-order valence-corrected chi connectivity index (χ0v) is 14.0. The molecule has 3 aromatic rings. The molecule has 122 valence electrons. The van der Waals surface area contributed by atoms with E-state index in [4.69, 9.17) is 4.74 Å². The van der Waals surface area contributed by atoms with Gasteiger partial charge in [-0.25, -0.2) is 0 Å². The van der Waals surface area contributed by atoms with Crippen LogP contribution in [0.3, 0.4) is 0 Å². The zero-order chi connectivity index (χ0) is 16.9. The number of rotatable bonds is 4. The molecule has 2 aromatic carbocycles. The molecule has 0 bridgehead atoms. The largest absolute Gasteiger partial charge is 0.468 e. The van der Waals surface area contributed by atoms with Gasteiger partial charge in [-0.2, -0.15) is 4.99 Å². The molecule has 1 amide bonds. The quantitative estimate of drug-likeness (QED) is 0.686. The van der Waals surface area contributed by atoms with E-state index in [1.807, 2.05) is 54.6 Å². The number of amides is 1. The van der Waals surface area contributed by atoms with Crippen LogP contribution in [-0.4, -0.2) is 23.6 Å². The highest BCUT2D eigenvalue weighted by Crippen LogP contribution is 2.16. The van der Waals surface area contributed by atoms with Crippen molar-refractivity contribution in [3.05, 3.63) is 65.0 Å². The molecule has 1 heterocycles. The van der Waals surface area contributed by atoms with Crippen molar-refractivity contribution in [2.45, 2.75) is 13.0 Å². The fraction of sp³-hybridized carbons (Fsp3) is 0.167. The Kier molecular flexibility index (Phi) is 4.86. The molecular formula is C18H16N2O3S. The number of nitrogens with zero attached hydrogens (tertiary/aromatic N) is 2. The van der Waals surface area contributed by atoms with Gasteiger partial charge in [-0.05, 0) is 17.7 Å². The second kappa shape index (κ2) is 7.23. The van der Waals surface area contributed by atoms with Crippen molar-refractivity contribution in [2.75, 3.05) is 7.11 Å². The number of aromatic nitrogens is 1. The zero-order valence-electron chi connectivity index (χ0n) is 13.1. The Bertz CT molecular complexity index is 942. The van der Waals surface area contributed by atoms with Crippen LogP contribution >= 0.6 is 11.3 Å². The molecule has 0 saturated carbocycles. The van der Waals surface area contributed by atoms with Crippen LogP contribution < -0.4 is 4.80 Å². The van der Waals surface area contributed by atoms with E-state index in [1.165, 1.54) is 18.4 Å². The van der Waals surface area contributed by atoms with E-state index in [0.717, 1.165) is 15.8 Å². The first-order valence-electron chi connectivity index (χ1n) is 7.44. The van der Waals surface area contributed by atoms with Crippen LogP contribution in [0.25, 0.3) is 10.2 Å². The summed E-state index contributed by atoms with van der Waals surface area (Å²) < 4.78 is 7.43. The third-order valence-corrected chi connectivity index (χ3v) is 4.58. The van der Waals surface area contributed by atoms with E-state index in [1.54, 1.807) is 4.57 Å². The van der Waals surface area contributed by atoms with Gasteiger partial charge in [-0.3, -0.25) is 9.59 Å². The fourth-order valence-electron chi connectivity index (χ4n) is 2.37. The van der Waals surface area contributed by atoms with Crippen molar-refractivity contribution in [1.29, 1.82) is 0 Å². The molecular weight excluding hydrogens is 324 g/mol. The summed E-state index contributed by atoms with van der Waals surface area (Å²) in [6, 6.07) is 17.1. The summed E-state index contributed by atoms with van der Waals surface area (Å²) in [4.78, 5) is 28.7. The number of methoxy groups -OCH3 is 1. The number of ether oxygens (including phenoxy) is 1. The summed E-state index contributed by atoms with van der Waals surface area (Å²) in [7, 11) is 1.34. The molecule has 0 saturated heterocycles. The van der Waals surface area contributed by atoms with E-state index in [2.05, 4.69) is 4.99 Å². The van der Waals surface area contributed by atoms with Crippen LogP contribution in [0.2, 0.25) is 0 Å². The second-order valence-electron chi connectivity index (χ2n) is 5.18. The molecule has 0 aliphatic rings. The highest BCUT2D eigenvalue weighted by Gasteiger charge is 2.11. The van der Waals surface area contributed by atoms with Gasteiger partial charge in [0.1, 0.15) is 6.54 Å². The van der Waals surface area contributed by atoms with Crippen molar-refractivity contribution < 1.29 is 14.3 Å². The van der Waals surface area contributed by atoms with E-state index in [9.17, 15) is 9.59 Å². The maximum atomic E-state index is 12.3. The number of fused-ring (bicyclic) bond motifs is 1. The van der Waals surface area contributed by atoms with Gasteiger partial charge in [-0.15, -0.1) is 0 Å². The predicted molar refractivity (Wildman–Crippen MR) is 92.5 cm³/mol. The van der Waals surface area contributed by atoms with Crippen LogP contribution in [0, 0.1) is 0 Å². The van der Waals surface area contributed by atoms with Crippen LogP contribution in [0.15, 0.2) is 59.6 Å². The van der Waals surface area contributed by atoms with Crippen LogP contribution in [0.4, 0.5) is 0 Å². The van der Waals surface area contributed by atoms with Crippen molar-refractivity contribution in [2.24, 2.45) is 4.99 Å². The number of thiazole rings is 1. The Morgan fingerprint density at radius 2 is 1.79 bits per heavy atom. The number of benzene rings is 2. The van der Waals surface area contributed by atoms with Gasteiger partial charge in [0.15, 0.2) is 4.80 Å². The molecule has 1 aromatic heterocycles. The van der Waals surface area contributed by atoms with Crippen molar-refractivity contribution in [3.63, 3.8) is 0 Å². The number of para-hydroxylation sites is 1. The lowest BCUT2D eigenvalue weighted by Gasteiger charge is -2.03. The number of hydrogen-bond acceptors (Lipinski definition) is 4. The summed E-state index contributed by atoms with van der Waals surface area (Å²) in [5.74, 6) is -0.623.